The van der Waals surface area contributed by atoms with Gasteiger partial charge >= 0.3 is 0 Å². The largest absolute Gasteiger partial charge is 0.376 e. The molecule has 1 aliphatic rings. The molecule has 2 rings (SSSR count). The number of likely N-dealkylation sites (N-methyl/N-ethyl adjacent to an activating group) is 1. The number of aromatic nitrogens is 1. The average molecular weight is 249 g/mol. The molecule has 2 heterocycles. The number of nitrogens with two attached hydrogens (primary N) is 1. The third kappa shape index (κ3) is 3.21. The SMILES string of the molecule is CCN(CC1CCCO1)c1cc(CN)cc(C)n1. The number of rotatable bonds is 5. The van der Waals surface area contributed by atoms with E-state index in [2.05, 4.69) is 22.9 Å². The molecule has 1 unspecified atom stereocenters. The molecule has 0 amide bonds. The van der Waals surface area contributed by atoms with Gasteiger partial charge in [0, 0.05) is 31.9 Å². The van der Waals surface area contributed by atoms with Crippen molar-refractivity contribution in [3.05, 3.63) is 23.4 Å². The number of pyridine rings is 1. The van der Waals surface area contributed by atoms with Crippen LogP contribution in [0, 0.1) is 6.92 Å². The van der Waals surface area contributed by atoms with Crippen molar-refractivity contribution in [1.82, 2.24) is 4.98 Å². The van der Waals surface area contributed by atoms with Crippen LogP contribution in [0.1, 0.15) is 31.0 Å². The molecule has 1 atom stereocenters. The van der Waals surface area contributed by atoms with Crippen molar-refractivity contribution in [1.29, 1.82) is 0 Å². The Morgan fingerprint density at radius 1 is 1.50 bits per heavy atom. The molecule has 2 N–H and O–H groups in total. The predicted molar refractivity (Wildman–Crippen MR) is 73.7 cm³/mol. The quantitative estimate of drug-likeness (QED) is 0.865. The van der Waals surface area contributed by atoms with Gasteiger partial charge in [0.2, 0.25) is 0 Å². The highest BCUT2D eigenvalue weighted by Crippen LogP contribution is 2.19. The highest BCUT2D eigenvalue weighted by Gasteiger charge is 2.19. The Kier molecular flexibility index (Phi) is 4.55. The zero-order valence-electron chi connectivity index (χ0n) is 11.4. The van der Waals surface area contributed by atoms with Crippen LogP contribution in [-0.2, 0) is 11.3 Å². The Labute approximate surface area is 109 Å². The molecule has 1 aromatic heterocycles. The fourth-order valence-corrected chi connectivity index (χ4v) is 2.42. The average Bonchev–Trinajstić information content (AvgIpc) is 2.88. The van der Waals surface area contributed by atoms with Crippen LogP contribution in [0.2, 0.25) is 0 Å². The second-order valence-electron chi connectivity index (χ2n) is 4.85. The van der Waals surface area contributed by atoms with Crippen LogP contribution in [-0.4, -0.2) is 30.8 Å². The van der Waals surface area contributed by atoms with Crippen LogP contribution in [0.25, 0.3) is 0 Å². The van der Waals surface area contributed by atoms with Gasteiger partial charge in [-0.05, 0) is 44.4 Å². The van der Waals surface area contributed by atoms with Crippen LogP contribution in [0.5, 0.6) is 0 Å². The number of hydrogen-bond donors (Lipinski definition) is 1. The molecule has 1 saturated heterocycles. The summed E-state index contributed by atoms with van der Waals surface area (Å²) in [4.78, 5) is 6.89. The Hall–Kier alpha value is -1.13. The van der Waals surface area contributed by atoms with Gasteiger partial charge in [0.15, 0.2) is 0 Å². The van der Waals surface area contributed by atoms with E-state index in [9.17, 15) is 0 Å². The maximum atomic E-state index is 5.72. The third-order valence-corrected chi connectivity index (χ3v) is 3.39. The van der Waals surface area contributed by atoms with Gasteiger partial charge in [-0.3, -0.25) is 0 Å². The number of nitrogens with zero attached hydrogens (tertiary/aromatic N) is 2. The first kappa shape index (κ1) is 13.3. The Morgan fingerprint density at radius 3 is 2.94 bits per heavy atom. The first-order chi connectivity index (χ1) is 8.72. The molecular formula is C14H23N3O. The first-order valence-electron chi connectivity index (χ1n) is 6.77. The van der Waals surface area contributed by atoms with E-state index in [4.69, 9.17) is 10.5 Å². The van der Waals surface area contributed by atoms with E-state index in [0.717, 1.165) is 43.2 Å². The van der Waals surface area contributed by atoms with Gasteiger partial charge in [-0.25, -0.2) is 4.98 Å². The van der Waals surface area contributed by atoms with Gasteiger partial charge in [-0.1, -0.05) is 0 Å². The number of hydrogen-bond acceptors (Lipinski definition) is 4. The zero-order chi connectivity index (χ0) is 13.0. The lowest BCUT2D eigenvalue weighted by atomic mass is 10.2. The molecule has 4 heteroatoms. The minimum Gasteiger partial charge on any atom is -0.376 e. The summed E-state index contributed by atoms with van der Waals surface area (Å²) in [5, 5.41) is 0. The van der Waals surface area contributed by atoms with Crippen LogP contribution >= 0.6 is 0 Å². The van der Waals surface area contributed by atoms with E-state index in [-0.39, 0.29) is 0 Å². The van der Waals surface area contributed by atoms with Crippen molar-refractivity contribution in [2.24, 2.45) is 5.73 Å². The standard InChI is InChI=1S/C14H23N3O/c1-3-17(10-13-5-4-6-18-13)14-8-12(9-15)7-11(2)16-14/h7-8,13H,3-6,9-10,15H2,1-2H3. The molecule has 0 spiro atoms. The summed E-state index contributed by atoms with van der Waals surface area (Å²) in [5.74, 6) is 1.02. The Morgan fingerprint density at radius 2 is 2.33 bits per heavy atom. The highest BCUT2D eigenvalue weighted by atomic mass is 16.5. The zero-order valence-corrected chi connectivity index (χ0v) is 11.4. The van der Waals surface area contributed by atoms with Crippen molar-refractivity contribution in [3.63, 3.8) is 0 Å². The maximum absolute atomic E-state index is 5.72. The molecule has 0 aromatic carbocycles. The summed E-state index contributed by atoms with van der Waals surface area (Å²) in [6.07, 6.45) is 2.69. The van der Waals surface area contributed by atoms with Gasteiger partial charge in [-0.15, -0.1) is 0 Å². The summed E-state index contributed by atoms with van der Waals surface area (Å²) in [7, 11) is 0. The van der Waals surface area contributed by atoms with Gasteiger partial charge in [0.1, 0.15) is 5.82 Å². The van der Waals surface area contributed by atoms with E-state index in [1.165, 1.54) is 6.42 Å². The molecule has 18 heavy (non-hydrogen) atoms. The van der Waals surface area contributed by atoms with Crippen molar-refractivity contribution in [2.45, 2.75) is 39.3 Å². The minimum atomic E-state index is 0.355. The lowest BCUT2D eigenvalue weighted by Crippen LogP contribution is -2.32. The number of ether oxygens (including phenoxy) is 1. The normalized spacial score (nSPS) is 19.2. The van der Waals surface area contributed by atoms with Gasteiger partial charge in [0.25, 0.3) is 0 Å². The fourth-order valence-electron chi connectivity index (χ4n) is 2.42. The summed E-state index contributed by atoms with van der Waals surface area (Å²) < 4.78 is 5.70. The molecule has 4 nitrogen and oxygen atoms in total. The summed E-state index contributed by atoms with van der Waals surface area (Å²) in [5.41, 5.74) is 7.89. The fraction of sp³-hybridized carbons (Fsp3) is 0.643. The molecule has 100 valence electrons. The van der Waals surface area contributed by atoms with Crippen LogP contribution < -0.4 is 10.6 Å². The number of anilines is 1. The monoisotopic (exact) mass is 249 g/mol. The molecule has 0 radical (unpaired) electrons. The second-order valence-corrected chi connectivity index (χ2v) is 4.85. The van der Waals surface area contributed by atoms with Crippen molar-refractivity contribution in [3.8, 4) is 0 Å². The summed E-state index contributed by atoms with van der Waals surface area (Å²) >= 11 is 0. The molecule has 1 aromatic rings. The third-order valence-electron chi connectivity index (χ3n) is 3.39. The summed E-state index contributed by atoms with van der Waals surface area (Å²) in [6.45, 7) is 7.51. The minimum absolute atomic E-state index is 0.355. The molecule has 0 bridgehead atoms. The lowest BCUT2D eigenvalue weighted by Gasteiger charge is -2.25. The highest BCUT2D eigenvalue weighted by molar-refractivity contribution is 5.42. The van der Waals surface area contributed by atoms with E-state index < -0.39 is 0 Å². The van der Waals surface area contributed by atoms with Crippen LogP contribution in [0.15, 0.2) is 12.1 Å². The molecule has 1 aliphatic heterocycles. The summed E-state index contributed by atoms with van der Waals surface area (Å²) in [6, 6.07) is 4.13. The number of aryl methyl sites for hydroxylation is 1. The molecular weight excluding hydrogens is 226 g/mol. The van der Waals surface area contributed by atoms with Crippen LogP contribution in [0.3, 0.4) is 0 Å². The second kappa shape index (κ2) is 6.16. The molecule has 0 aliphatic carbocycles. The van der Waals surface area contributed by atoms with Crippen molar-refractivity contribution in [2.75, 3.05) is 24.6 Å². The van der Waals surface area contributed by atoms with E-state index in [1.807, 2.05) is 13.0 Å². The van der Waals surface area contributed by atoms with Gasteiger partial charge in [-0.2, -0.15) is 0 Å². The molecule has 0 saturated carbocycles. The Bertz CT molecular complexity index is 389. The Balaban J connectivity index is 2.12. The van der Waals surface area contributed by atoms with E-state index in [0.29, 0.717) is 12.6 Å². The van der Waals surface area contributed by atoms with E-state index in [1.54, 1.807) is 0 Å². The van der Waals surface area contributed by atoms with Crippen LogP contribution in [0.4, 0.5) is 5.82 Å². The molecule has 1 fully saturated rings. The lowest BCUT2D eigenvalue weighted by molar-refractivity contribution is 0.115. The maximum Gasteiger partial charge on any atom is 0.129 e. The van der Waals surface area contributed by atoms with Crippen molar-refractivity contribution >= 4 is 5.82 Å². The van der Waals surface area contributed by atoms with Gasteiger partial charge in [0.05, 0.1) is 6.10 Å². The smallest absolute Gasteiger partial charge is 0.129 e. The van der Waals surface area contributed by atoms with E-state index >= 15 is 0 Å². The first-order valence-corrected chi connectivity index (χ1v) is 6.77. The topological polar surface area (TPSA) is 51.4 Å². The van der Waals surface area contributed by atoms with Crippen molar-refractivity contribution < 1.29 is 4.74 Å². The predicted octanol–water partition coefficient (Wildman–Crippen LogP) is 1.85. The van der Waals surface area contributed by atoms with Gasteiger partial charge < -0.3 is 15.4 Å².